The highest BCUT2D eigenvalue weighted by Crippen LogP contribution is 2.52. The molecule has 0 saturated carbocycles. The summed E-state index contributed by atoms with van der Waals surface area (Å²) < 4.78 is 18.3. The van der Waals surface area contributed by atoms with Gasteiger partial charge in [0.25, 0.3) is 0 Å². The zero-order valence-corrected chi connectivity index (χ0v) is 12.8. The second-order valence-electron chi connectivity index (χ2n) is 7.03. The summed E-state index contributed by atoms with van der Waals surface area (Å²) >= 11 is 0. The zero-order valence-electron chi connectivity index (χ0n) is 12.8. The molecule has 0 bridgehead atoms. The molecule has 3 heteroatoms. The molecular weight excluding hydrogens is 276 g/mol. The molecule has 0 amide bonds. The Hall–Kier alpha value is -2.16. The van der Waals surface area contributed by atoms with Crippen molar-refractivity contribution in [2.45, 2.75) is 37.9 Å². The summed E-state index contributed by atoms with van der Waals surface area (Å²) in [7, 11) is 0. The van der Waals surface area contributed by atoms with Gasteiger partial charge in [-0.25, -0.2) is 0 Å². The lowest BCUT2D eigenvalue weighted by molar-refractivity contribution is 0.133. The van der Waals surface area contributed by atoms with Gasteiger partial charge in [-0.15, -0.1) is 0 Å². The Morgan fingerprint density at radius 2 is 1.86 bits per heavy atom. The predicted octanol–water partition coefficient (Wildman–Crippen LogP) is 4.01. The van der Waals surface area contributed by atoms with Crippen LogP contribution in [0.1, 0.15) is 42.6 Å². The van der Waals surface area contributed by atoms with Crippen LogP contribution < -0.4 is 14.2 Å². The van der Waals surface area contributed by atoms with Crippen LogP contribution in [0.3, 0.4) is 0 Å². The molecule has 0 saturated heterocycles. The van der Waals surface area contributed by atoms with Crippen LogP contribution in [0.2, 0.25) is 0 Å². The Morgan fingerprint density at radius 1 is 1.00 bits per heavy atom. The van der Waals surface area contributed by atoms with Crippen LogP contribution in [0.25, 0.3) is 0 Å². The lowest BCUT2D eigenvalue weighted by atomic mass is 9.88. The van der Waals surface area contributed by atoms with E-state index in [1.165, 1.54) is 11.1 Å². The monoisotopic (exact) mass is 294 g/mol. The van der Waals surface area contributed by atoms with Gasteiger partial charge in [-0.05, 0) is 31.5 Å². The number of rotatable bonds is 0. The largest absolute Gasteiger partial charge is 0.492 e. The highest BCUT2D eigenvalue weighted by Gasteiger charge is 2.42. The van der Waals surface area contributed by atoms with Gasteiger partial charge in [-0.1, -0.05) is 18.2 Å². The van der Waals surface area contributed by atoms with Gasteiger partial charge in [0.05, 0.1) is 12.5 Å². The molecule has 3 nitrogen and oxygen atoms in total. The van der Waals surface area contributed by atoms with Crippen molar-refractivity contribution in [2.24, 2.45) is 0 Å². The number of hydrogen-bond donors (Lipinski definition) is 0. The number of fused-ring (bicyclic) bond motifs is 6. The van der Waals surface area contributed by atoms with Crippen molar-refractivity contribution in [2.75, 3.05) is 6.61 Å². The van der Waals surface area contributed by atoms with Gasteiger partial charge in [-0.3, -0.25) is 0 Å². The first-order chi connectivity index (χ1) is 10.6. The minimum Gasteiger partial charge on any atom is -0.492 e. The molecule has 0 unspecified atom stereocenters. The Morgan fingerprint density at radius 3 is 2.77 bits per heavy atom. The molecule has 0 N–H and O–H groups in total. The maximum absolute atomic E-state index is 6.23. The van der Waals surface area contributed by atoms with Crippen molar-refractivity contribution in [3.63, 3.8) is 0 Å². The minimum atomic E-state index is -0.134. The van der Waals surface area contributed by atoms with E-state index in [-0.39, 0.29) is 17.6 Å². The number of ether oxygens (including phenoxy) is 3. The third-order valence-corrected chi connectivity index (χ3v) is 4.86. The van der Waals surface area contributed by atoms with Gasteiger partial charge in [0.1, 0.15) is 29.0 Å². The Balaban J connectivity index is 1.60. The number of benzene rings is 2. The number of para-hydroxylation sites is 1. The first kappa shape index (κ1) is 12.4. The Kier molecular flexibility index (Phi) is 2.24. The first-order valence-electron chi connectivity index (χ1n) is 7.85. The summed E-state index contributed by atoms with van der Waals surface area (Å²) in [6, 6.07) is 12.6. The standard InChI is InChI=1S/C19H18O3/c1-19(2)9-11-7-13-17(8-16(11)22-19)20-10-14-12-5-3-4-6-15(12)21-18(13)14/h3-8,14,18H,9-10H2,1-2H3/t14-,18-/m0/s1. The van der Waals surface area contributed by atoms with Gasteiger partial charge in [0.15, 0.2) is 0 Å². The average Bonchev–Trinajstić information content (AvgIpc) is 3.00. The highest BCUT2D eigenvalue weighted by atomic mass is 16.5. The van der Waals surface area contributed by atoms with E-state index < -0.39 is 0 Å². The average molecular weight is 294 g/mol. The molecule has 3 aliphatic rings. The van der Waals surface area contributed by atoms with Gasteiger partial charge in [0.2, 0.25) is 0 Å². The fraction of sp³-hybridized carbons (Fsp3) is 0.368. The van der Waals surface area contributed by atoms with Crippen molar-refractivity contribution in [3.8, 4) is 17.2 Å². The van der Waals surface area contributed by atoms with Crippen molar-refractivity contribution in [3.05, 3.63) is 53.1 Å². The molecule has 2 atom stereocenters. The van der Waals surface area contributed by atoms with E-state index >= 15 is 0 Å². The van der Waals surface area contributed by atoms with E-state index in [4.69, 9.17) is 14.2 Å². The van der Waals surface area contributed by atoms with Crippen LogP contribution in [0, 0.1) is 0 Å². The predicted molar refractivity (Wildman–Crippen MR) is 82.9 cm³/mol. The van der Waals surface area contributed by atoms with E-state index in [0.717, 1.165) is 29.2 Å². The molecule has 0 aromatic heterocycles. The SMILES string of the molecule is CC1(C)Cc2cc3c(cc2O1)OC[C@H]1c2ccccc2O[C@@H]31. The van der Waals surface area contributed by atoms with Crippen molar-refractivity contribution >= 4 is 0 Å². The molecule has 0 fully saturated rings. The maximum atomic E-state index is 6.23. The van der Waals surface area contributed by atoms with E-state index in [2.05, 4.69) is 32.0 Å². The second kappa shape index (κ2) is 3.97. The normalized spacial score (nSPS) is 25.9. The number of hydrogen-bond acceptors (Lipinski definition) is 3. The molecular formula is C19H18O3. The van der Waals surface area contributed by atoms with E-state index in [9.17, 15) is 0 Å². The minimum absolute atomic E-state index is 0.0650. The Labute approximate surface area is 129 Å². The van der Waals surface area contributed by atoms with Gasteiger partial charge in [0, 0.05) is 23.6 Å². The fourth-order valence-corrected chi connectivity index (χ4v) is 3.91. The van der Waals surface area contributed by atoms with Crippen LogP contribution in [0.4, 0.5) is 0 Å². The van der Waals surface area contributed by atoms with Crippen LogP contribution in [-0.2, 0) is 6.42 Å². The molecule has 0 aliphatic carbocycles. The van der Waals surface area contributed by atoms with E-state index in [1.807, 2.05) is 18.2 Å². The molecule has 112 valence electrons. The van der Waals surface area contributed by atoms with Crippen molar-refractivity contribution in [1.29, 1.82) is 0 Å². The lowest BCUT2D eigenvalue weighted by Crippen LogP contribution is -2.24. The van der Waals surface area contributed by atoms with Crippen molar-refractivity contribution in [1.82, 2.24) is 0 Å². The van der Waals surface area contributed by atoms with Gasteiger partial charge < -0.3 is 14.2 Å². The zero-order chi connectivity index (χ0) is 14.9. The first-order valence-corrected chi connectivity index (χ1v) is 7.85. The van der Waals surface area contributed by atoms with Crippen LogP contribution in [0.5, 0.6) is 17.2 Å². The molecule has 3 heterocycles. The summed E-state index contributed by atoms with van der Waals surface area (Å²) in [5.41, 5.74) is 3.54. The fourth-order valence-electron chi connectivity index (χ4n) is 3.91. The summed E-state index contributed by atoms with van der Waals surface area (Å²) in [4.78, 5) is 0. The third-order valence-electron chi connectivity index (χ3n) is 4.86. The highest BCUT2D eigenvalue weighted by molar-refractivity contribution is 5.54. The van der Waals surface area contributed by atoms with Gasteiger partial charge >= 0.3 is 0 Å². The second-order valence-corrected chi connectivity index (χ2v) is 7.03. The summed E-state index contributed by atoms with van der Waals surface area (Å²) in [6.07, 6.45) is 0.995. The van der Waals surface area contributed by atoms with Crippen LogP contribution in [0.15, 0.2) is 36.4 Å². The maximum Gasteiger partial charge on any atom is 0.138 e. The summed E-state index contributed by atoms with van der Waals surface area (Å²) in [5.74, 6) is 3.14. The smallest absolute Gasteiger partial charge is 0.138 e. The molecule has 3 aliphatic heterocycles. The third kappa shape index (κ3) is 1.62. The van der Waals surface area contributed by atoms with Crippen LogP contribution >= 0.6 is 0 Å². The summed E-state index contributed by atoms with van der Waals surface area (Å²) in [6.45, 7) is 4.91. The van der Waals surface area contributed by atoms with Gasteiger partial charge in [-0.2, -0.15) is 0 Å². The van der Waals surface area contributed by atoms with Crippen molar-refractivity contribution < 1.29 is 14.2 Å². The molecule has 0 spiro atoms. The molecule has 22 heavy (non-hydrogen) atoms. The van der Waals surface area contributed by atoms with E-state index in [0.29, 0.717) is 6.61 Å². The van der Waals surface area contributed by atoms with E-state index in [1.54, 1.807) is 0 Å². The molecule has 2 aromatic rings. The summed E-state index contributed by atoms with van der Waals surface area (Å²) in [5, 5.41) is 0. The lowest BCUT2D eigenvalue weighted by Gasteiger charge is -2.28. The topological polar surface area (TPSA) is 27.7 Å². The molecule has 5 rings (SSSR count). The molecule has 2 aromatic carbocycles. The van der Waals surface area contributed by atoms with Crippen LogP contribution in [-0.4, -0.2) is 12.2 Å². The quantitative estimate of drug-likeness (QED) is 0.735. The molecule has 0 radical (unpaired) electrons. The Bertz CT molecular complexity index is 778.